The molecule has 0 spiro atoms. The molecular weight excluding hydrogens is 242 g/mol. The molecule has 0 aliphatic heterocycles. The van der Waals surface area contributed by atoms with Gasteiger partial charge < -0.3 is 0 Å². The zero-order chi connectivity index (χ0) is 11.5. The zero-order valence-corrected chi connectivity index (χ0v) is 10.2. The number of nitro groups is 1. The summed E-state index contributed by atoms with van der Waals surface area (Å²) in [5.74, 6) is 0. The fourth-order valence-electron chi connectivity index (χ4n) is 1.21. The molecule has 0 amide bonds. The molecular formula is C11H9NO2S2. The second-order valence-electron chi connectivity index (χ2n) is 3.27. The first-order chi connectivity index (χ1) is 7.66. The normalized spacial score (nSPS) is 10.3. The van der Waals surface area contributed by atoms with E-state index >= 15 is 0 Å². The molecule has 0 radical (unpaired) electrons. The minimum absolute atomic E-state index is 0.190. The molecule has 2 aromatic rings. The third-order valence-electron chi connectivity index (χ3n) is 2.04. The van der Waals surface area contributed by atoms with E-state index in [0.29, 0.717) is 0 Å². The fourth-order valence-corrected chi connectivity index (χ4v) is 3.18. The van der Waals surface area contributed by atoms with Crippen molar-refractivity contribution in [3.63, 3.8) is 0 Å². The van der Waals surface area contributed by atoms with Crippen molar-refractivity contribution in [2.24, 2.45) is 0 Å². The third kappa shape index (κ3) is 2.43. The summed E-state index contributed by atoms with van der Waals surface area (Å²) in [6.07, 6.45) is 0. The molecule has 0 fully saturated rings. The van der Waals surface area contributed by atoms with Crippen LogP contribution in [0.15, 0.2) is 44.8 Å². The van der Waals surface area contributed by atoms with E-state index in [1.54, 1.807) is 11.4 Å². The molecule has 3 nitrogen and oxygen atoms in total. The lowest BCUT2D eigenvalue weighted by Crippen LogP contribution is -1.85. The monoisotopic (exact) mass is 251 g/mol. The first-order valence-corrected chi connectivity index (χ1v) is 6.33. The van der Waals surface area contributed by atoms with Gasteiger partial charge >= 0.3 is 0 Å². The van der Waals surface area contributed by atoms with Gasteiger partial charge in [0.05, 0.1) is 4.92 Å². The molecule has 82 valence electrons. The fraction of sp³-hybridized carbons (Fsp3) is 0.0909. The van der Waals surface area contributed by atoms with Gasteiger partial charge in [-0.3, -0.25) is 10.1 Å². The standard InChI is InChI=1S/C11H9NO2S2/c1-8-2-4-9(5-3-8)16-11-10(12(13)14)6-7-15-11/h2-7H,1H3. The number of rotatable bonds is 3. The van der Waals surface area contributed by atoms with Crippen LogP contribution in [0.1, 0.15) is 5.56 Å². The Balaban J connectivity index is 2.23. The van der Waals surface area contributed by atoms with E-state index in [4.69, 9.17) is 0 Å². The SMILES string of the molecule is Cc1ccc(Sc2sccc2[N+](=O)[O-])cc1. The lowest BCUT2D eigenvalue weighted by atomic mass is 10.2. The minimum Gasteiger partial charge on any atom is -0.258 e. The Hall–Kier alpha value is -1.33. The molecule has 0 N–H and O–H groups in total. The zero-order valence-electron chi connectivity index (χ0n) is 8.54. The first-order valence-electron chi connectivity index (χ1n) is 4.63. The maximum atomic E-state index is 10.7. The number of aryl methyl sites for hydroxylation is 1. The predicted octanol–water partition coefficient (Wildman–Crippen LogP) is 4.12. The van der Waals surface area contributed by atoms with Crippen LogP contribution >= 0.6 is 23.1 Å². The maximum Gasteiger partial charge on any atom is 0.294 e. The lowest BCUT2D eigenvalue weighted by molar-refractivity contribution is -0.387. The molecule has 0 unspecified atom stereocenters. The van der Waals surface area contributed by atoms with E-state index in [-0.39, 0.29) is 10.6 Å². The number of hydrogen-bond acceptors (Lipinski definition) is 4. The smallest absolute Gasteiger partial charge is 0.258 e. The predicted molar refractivity (Wildman–Crippen MR) is 66.3 cm³/mol. The van der Waals surface area contributed by atoms with Crippen LogP contribution in [0, 0.1) is 17.0 Å². The Morgan fingerprint density at radius 1 is 1.25 bits per heavy atom. The summed E-state index contributed by atoms with van der Waals surface area (Å²) in [6.45, 7) is 2.02. The Kier molecular flexibility index (Phi) is 3.26. The van der Waals surface area contributed by atoms with Gasteiger partial charge in [-0.15, -0.1) is 11.3 Å². The van der Waals surface area contributed by atoms with Gasteiger partial charge in [0.15, 0.2) is 0 Å². The van der Waals surface area contributed by atoms with Crippen molar-refractivity contribution in [3.05, 3.63) is 51.4 Å². The Bertz CT molecular complexity index is 505. The summed E-state index contributed by atoms with van der Waals surface area (Å²) < 4.78 is 0.730. The summed E-state index contributed by atoms with van der Waals surface area (Å²) in [4.78, 5) is 11.4. The van der Waals surface area contributed by atoms with E-state index < -0.39 is 0 Å². The Morgan fingerprint density at radius 3 is 2.56 bits per heavy atom. The highest BCUT2D eigenvalue weighted by Gasteiger charge is 2.15. The molecule has 1 aromatic heterocycles. The van der Waals surface area contributed by atoms with E-state index in [2.05, 4.69) is 0 Å². The van der Waals surface area contributed by atoms with Crippen LogP contribution in [0.4, 0.5) is 5.69 Å². The van der Waals surface area contributed by atoms with E-state index in [0.717, 1.165) is 9.10 Å². The summed E-state index contributed by atoms with van der Waals surface area (Å²) in [7, 11) is 0. The highest BCUT2D eigenvalue weighted by molar-refractivity contribution is 8.01. The minimum atomic E-state index is -0.340. The molecule has 5 heteroatoms. The average molecular weight is 251 g/mol. The van der Waals surface area contributed by atoms with Gasteiger partial charge in [0, 0.05) is 11.0 Å². The molecule has 1 aromatic carbocycles. The highest BCUT2D eigenvalue weighted by Crippen LogP contribution is 2.38. The van der Waals surface area contributed by atoms with E-state index in [1.165, 1.54) is 28.7 Å². The van der Waals surface area contributed by atoms with Gasteiger partial charge in [-0.2, -0.15) is 0 Å². The van der Waals surface area contributed by atoms with Crippen LogP contribution < -0.4 is 0 Å². The number of benzene rings is 1. The quantitative estimate of drug-likeness (QED) is 0.609. The molecule has 0 bridgehead atoms. The second-order valence-corrected chi connectivity index (χ2v) is 5.52. The molecule has 0 atom stereocenters. The summed E-state index contributed by atoms with van der Waals surface area (Å²) in [6, 6.07) is 9.50. The average Bonchev–Trinajstić information content (AvgIpc) is 2.69. The van der Waals surface area contributed by atoms with Crippen molar-refractivity contribution in [3.8, 4) is 0 Å². The molecule has 0 saturated carbocycles. The maximum absolute atomic E-state index is 10.7. The van der Waals surface area contributed by atoms with Crippen molar-refractivity contribution in [1.82, 2.24) is 0 Å². The van der Waals surface area contributed by atoms with Gasteiger partial charge in [-0.1, -0.05) is 29.5 Å². The number of hydrogen-bond donors (Lipinski definition) is 0. The van der Waals surface area contributed by atoms with Gasteiger partial charge in [0.25, 0.3) is 5.69 Å². The second kappa shape index (κ2) is 4.67. The summed E-state index contributed by atoms with van der Waals surface area (Å²) >= 11 is 2.83. The van der Waals surface area contributed by atoms with Gasteiger partial charge in [0.2, 0.25) is 0 Å². The lowest BCUT2D eigenvalue weighted by Gasteiger charge is -1.99. The van der Waals surface area contributed by atoms with Crippen LogP contribution in [0.2, 0.25) is 0 Å². The van der Waals surface area contributed by atoms with Crippen LogP contribution in [-0.2, 0) is 0 Å². The van der Waals surface area contributed by atoms with E-state index in [1.807, 2.05) is 31.2 Å². The Morgan fingerprint density at radius 2 is 1.94 bits per heavy atom. The molecule has 0 aliphatic carbocycles. The molecule has 0 aliphatic rings. The van der Waals surface area contributed by atoms with Gasteiger partial charge in [-0.05, 0) is 24.4 Å². The first kappa shape index (κ1) is 11.2. The van der Waals surface area contributed by atoms with Crippen molar-refractivity contribution >= 4 is 28.8 Å². The largest absolute Gasteiger partial charge is 0.294 e. The van der Waals surface area contributed by atoms with Crippen LogP contribution in [0.25, 0.3) is 0 Å². The van der Waals surface area contributed by atoms with Crippen LogP contribution in [-0.4, -0.2) is 4.92 Å². The Labute approximate surface area is 101 Å². The molecule has 1 heterocycles. The highest BCUT2D eigenvalue weighted by atomic mass is 32.2. The summed E-state index contributed by atoms with van der Waals surface area (Å²) in [5.41, 5.74) is 1.38. The van der Waals surface area contributed by atoms with Crippen LogP contribution in [0.5, 0.6) is 0 Å². The molecule has 16 heavy (non-hydrogen) atoms. The molecule has 2 rings (SSSR count). The van der Waals surface area contributed by atoms with Crippen molar-refractivity contribution in [2.45, 2.75) is 16.0 Å². The third-order valence-corrected chi connectivity index (χ3v) is 4.17. The molecule has 0 saturated heterocycles. The summed E-state index contributed by atoms with van der Waals surface area (Å²) in [5, 5.41) is 12.5. The van der Waals surface area contributed by atoms with Crippen molar-refractivity contribution < 1.29 is 4.92 Å². The van der Waals surface area contributed by atoms with Gasteiger partial charge in [0.1, 0.15) is 4.21 Å². The number of thiophene rings is 1. The van der Waals surface area contributed by atoms with Gasteiger partial charge in [-0.25, -0.2) is 0 Å². The number of nitrogens with zero attached hydrogens (tertiary/aromatic N) is 1. The van der Waals surface area contributed by atoms with E-state index in [9.17, 15) is 10.1 Å². The topological polar surface area (TPSA) is 43.1 Å². The van der Waals surface area contributed by atoms with Crippen molar-refractivity contribution in [1.29, 1.82) is 0 Å². The van der Waals surface area contributed by atoms with Crippen molar-refractivity contribution in [2.75, 3.05) is 0 Å². The van der Waals surface area contributed by atoms with Crippen LogP contribution in [0.3, 0.4) is 0 Å².